The quantitative estimate of drug-likeness (QED) is 0.620. The molecule has 0 bridgehead atoms. The van der Waals surface area contributed by atoms with Crippen molar-refractivity contribution in [2.45, 2.75) is 25.8 Å². The summed E-state index contributed by atoms with van der Waals surface area (Å²) in [7, 11) is -3.14. The molecule has 1 rings (SSSR count). The number of amides is 1. The van der Waals surface area contributed by atoms with Crippen molar-refractivity contribution in [1.82, 2.24) is 10.2 Å². The molecule has 1 unspecified atom stereocenters. The van der Waals surface area contributed by atoms with Crippen LogP contribution in [0.15, 0.2) is 0 Å². The number of likely N-dealkylation sites (N-methyl/N-ethyl adjacent to an activating group) is 1. The molecule has 1 fully saturated rings. The number of nitrogens with two attached hydrogens (primary N) is 1. The van der Waals surface area contributed by atoms with Crippen LogP contribution in [0.4, 0.5) is 0 Å². The molecule has 0 aliphatic carbocycles. The third-order valence-electron chi connectivity index (χ3n) is 3.56. The summed E-state index contributed by atoms with van der Waals surface area (Å²) in [5.41, 5.74) is 4.29. The summed E-state index contributed by atoms with van der Waals surface area (Å²) in [6.45, 7) is 7.34. The summed E-state index contributed by atoms with van der Waals surface area (Å²) in [6.07, 6.45) is 0.281. The van der Waals surface area contributed by atoms with Crippen LogP contribution < -0.4 is 11.1 Å². The van der Waals surface area contributed by atoms with E-state index >= 15 is 0 Å². The molecule has 0 aromatic heterocycles. The van der Waals surface area contributed by atoms with Crippen molar-refractivity contribution >= 4 is 15.7 Å². The largest absolute Gasteiger partial charge is 0.368 e. The third kappa shape index (κ3) is 3.66. The lowest BCUT2D eigenvalue weighted by Gasteiger charge is -2.27. The molecule has 0 spiro atoms. The van der Waals surface area contributed by atoms with E-state index in [-0.39, 0.29) is 17.9 Å². The van der Waals surface area contributed by atoms with Gasteiger partial charge in [0, 0.05) is 13.1 Å². The first-order valence-corrected chi connectivity index (χ1v) is 8.15. The van der Waals surface area contributed by atoms with E-state index in [4.69, 9.17) is 5.73 Å². The maximum atomic E-state index is 11.5. The lowest BCUT2D eigenvalue weighted by atomic mass is 9.98. The third-order valence-corrected chi connectivity index (χ3v) is 5.32. The number of nitrogens with zero attached hydrogens (tertiary/aromatic N) is 1. The van der Waals surface area contributed by atoms with Crippen LogP contribution in [-0.2, 0) is 14.6 Å². The van der Waals surface area contributed by atoms with Crippen LogP contribution in [0.25, 0.3) is 0 Å². The summed E-state index contributed by atoms with van der Waals surface area (Å²) >= 11 is 0. The SMILES string of the molecule is CCN(CC)CCNC1(C(N)=O)CCS(=O)(=O)C1. The Balaban J connectivity index is 2.58. The van der Waals surface area contributed by atoms with E-state index in [1.807, 2.05) is 0 Å². The smallest absolute Gasteiger partial charge is 0.238 e. The minimum atomic E-state index is -3.14. The number of sulfone groups is 1. The number of nitrogens with one attached hydrogen (secondary N) is 1. The summed E-state index contributed by atoms with van der Waals surface area (Å²) in [5.74, 6) is -0.704. The minimum absolute atomic E-state index is 0.0359. The first kappa shape index (κ1) is 15.4. The maximum Gasteiger partial charge on any atom is 0.238 e. The van der Waals surface area contributed by atoms with Gasteiger partial charge in [-0.3, -0.25) is 4.79 Å². The van der Waals surface area contributed by atoms with Crippen molar-refractivity contribution in [3.05, 3.63) is 0 Å². The van der Waals surface area contributed by atoms with Crippen molar-refractivity contribution in [3.63, 3.8) is 0 Å². The fraction of sp³-hybridized carbons (Fsp3) is 0.909. The Kier molecular flexibility index (Phi) is 5.12. The van der Waals surface area contributed by atoms with Gasteiger partial charge in [0.25, 0.3) is 0 Å². The standard InChI is InChI=1S/C11H23N3O3S/c1-3-14(4-2)7-6-13-11(10(12)15)5-8-18(16,17)9-11/h13H,3-9H2,1-2H3,(H2,12,15). The molecule has 18 heavy (non-hydrogen) atoms. The summed E-state index contributed by atoms with van der Waals surface area (Å²) in [5, 5.41) is 3.05. The second kappa shape index (κ2) is 5.99. The van der Waals surface area contributed by atoms with E-state index in [2.05, 4.69) is 24.1 Å². The average Bonchev–Trinajstić information content (AvgIpc) is 2.62. The number of primary amides is 1. The zero-order valence-corrected chi connectivity index (χ0v) is 11.9. The van der Waals surface area contributed by atoms with Gasteiger partial charge in [-0.2, -0.15) is 0 Å². The topological polar surface area (TPSA) is 92.5 Å². The van der Waals surface area contributed by atoms with Crippen LogP contribution >= 0.6 is 0 Å². The number of carbonyl (C=O) groups is 1. The molecule has 3 N–H and O–H groups in total. The highest BCUT2D eigenvalue weighted by atomic mass is 32.2. The minimum Gasteiger partial charge on any atom is -0.368 e. The molecular formula is C11H23N3O3S. The van der Waals surface area contributed by atoms with Crippen LogP contribution in [-0.4, -0.2) is 62.4 Å². The second-order valence-electron chi connectivity index (χ2n) is 4.74. The van der Waals surface area contributed by atoms with Crippen molar-refractivity contribution in [1.29, 1.82) is 0 Å². The maximum absolute atomic E-state index is 11.5. The highest BCUT2D eigenvalue weighted by molar-refractivity contribution is 7.91. The van der Waals surface area contributed by atoms with Gasteiger partial charge >= 0.3 is 0 Å². The predicted molar refractivity (Wildman–Crippen MR) is 71.0 cm³/mol. The zero-order chi connectivity index (χ0) is 13.8. The number of hydrogen-bond donors (Lipinski definition) is 2. The average molecular weight is 277 g/mol. The molecule has 1 aliphatic heterocycles. The number of rotatable bonds is 7. The molecular weight excluding hydrogens is 254 g/mol. The Labute approximate surface area is 109 Å². The number of hydrogen-bond acceptors (Lipinski definition) is 5. The molecule has 7 heteroatoms. The van der Waals surface area contributed by atoms with Crippen LogP contribution in [0.1, 0.15) is 20.3 Å². The Morgan fingerprint density at radius 1 is 1.39 bits per heavy atom. The lowest BCUT2D eigenvalue weighted by molar-refractivity contribution is -0.123. The Bertz CT molecular complexity index is 392. The van der Waals surface area contributed by atoms with Gasteiger partial charge in [0.15, 0.2) is 9.84 Å². The zero-order valence-electron chi connectivity index (χ0n) is 11.1. The molecule has 1 amide bonds. The van der Waals surface area contributed by atoms with Crippen LogP contribution in [0.2, 0.25) is 0 Å². The Morgan fingerprint density at radius 3 is 2.39 bits per heavy atom. The van der Waals surface area contributed by atoms with E-state index in [0.717, 1.165) is 19.6 Å². The van der Waals surface area contributed by atoms with Gasteiger partial charge in [-0.25, -0.2) is 8.42 Å². The highest BCUT2D eigenvalue weighted by Gasteiger charge is 2.46. The van der Waals surface area contributed by atoms with Crippen molar-refractivity contribution in [3.8, 4) is 0 Å². The van der Waals surface area contributed by atoms with Crippen molar-refractivity contribution < 1.29 is 13.2 Å². The summed E-state index contributed by atoms with van der Waals surface area (Å²) in [6, 6.07) is 0. The lowest BCUT2D eigenvalue weighted by Crippen LogP contribution is -2.57. The highest BCUT2D eigenvalue weighted by Crippen LogP contribution is 2.23. The molecule has 1 heterocycles. The summed E-state index contributed by atoms with van der Waals surface area (Å²) in [4.78, 5) is 13.7. The molecule has 1 saturated heterocycles. The molecule has 106 valence electrons. The van der Waals surface area contributed by atoms with Gasteiger partial charge in [0.1, 0.15) is 5.54 Å². The first-order chi connectivity index (χ1) is 8.35. The molecule has 0 saturated carbocycles. The van der Waals surface area contributed by atoms with E-state index in [9.17, 15) is 13.2 Å². The van der Waals surface area contributed by atoms with Crippen molar-refractivity contribution in [2.24, 2.45) is 5.73 Å². The van der Waals surface area contributed by atoms with Crippen LogP contribution in [0.5, 0.6) is 0 Å². The molecule has 1 aliphatic rings. The fourth-order valence-electron chi connectivity index (χ4n) is 2.26. The molecule has 1 atom stereocenters. The first-order valence-electron chi connectivity index (χ1n) is 6.33. The molecule has 0 aromatic rings. The van der Waals surface area contributed by atoms with Crippen LogP contribution in [0, 0.1) is 0 Å². The Hall–Kier alpha value is -0.660. The number of carbonyl (C=O) groups excluding carboxylic acids is 1. The van der Waals surface area contributed by atoms with Crippen LogP contribution in [0.3, 0.4) is 0 Å². The van der Waals surface area contributed by atoms with Gasteiger partial charge in [0.05, 0.1) is 11.5 Å². The normalized spacial score (nSPS) is 26.6. The molecule has 0 radical (unpaired) electrons. The second-order valence-corrected chi connectivity index (χ2v) is 6.93. The molecule has 6 nitrogen and oxygen atoms in total. The molecule has 0 aromatic carbocycles. The van der Waals surface area contributed by atoms with E-state index in [1.165, 1.54) is 0 Å². The predicted octanol–water partition coefficient (Wildman–Crippen LogP) is -1.04. The van der Waals surface area contributed by atoms with E-state index < -0.39 is 21.3 Å². The van der Waals surface area contributed by atoms with E-state index in [0.29, 0.717) is 6.54 Å². The fourth-order valence-corrected chi connectivity index (χ4v) is 4.21. The van der Waals surface area contributed by atoms with Gasteiger partial charge in [-0.1, -0.05) is 13.8 Å². The van der Waals surface area contributed by atoms with Crippen molar-refractivity contribution in [2.75, 3.05) is 37.7 Å². The van der Waals surface area contributed by atoms with Gasteiger partial charge in [-0.05, 0) is 19.5 Å². The van der Waals surface area contributed by atoms with Gasteiger partial charge in [0.2, 0.25) is 5.91 Å². The Morgan fingerprint density at radius 2 is 2.00 bits per heavy atom. The van der Waals surface area contributed by atoms with Gasteiger partial charge in [-0.15, -0.1) is 0 Å². The van der Waals surface area contributed by atoms with E-state index in [1.54, 1.807) is 0 Å². The van der Waals surface area contributed by atoms with Gasteiger partial charge < -0.3 is 16.0 Å². The summed E-state index contributed by atoms with van der Waals surface area (Å²) < 4.78 is 23.0. The monoisotopic (exact) mass is 277 g/mol.